The molecular weight excluding hydrogens is 307 g/mol. The van der Waals surface area contributed by atoms with Gasteiger partial charge in [-0.1, -0.05) is 11.6 Å². The summed E-state index contributed by atoms with van der Waals surface area (Å²) in [7, 11) is 1.76. The second kappa shape index (κ2) is 7.36. The first-order valence-electron chi connectivity index (χ1n) is 6.11. The molecule has 6 heteroatoms. The minimum Gasteiger partial charge on any atom is -0.493 e. The van der Waals surface area contributed by atoms with Crippen LogP contribution in [0.5, 0.6) is 5.75 Å². The third kappa shape index (κ3) is 6.50. The van der Waals surface area contributed by atoms with E-state index in [4.69, 9.17) is 27.0 Å². The molecule has 0 bridgehead atoms. The monoisotopic (exact) mass is 324 g/mol. The molecule has 1 aromatic rings. The molecular formula is C13H18Cl2O3S. The Bertz CT molecular complexity index is 504. The standard InChI is InChI=1S/C13H18Cl2O3S/c1-10-8-12(14)9-11(2)13(10)18-6-4-3-5-7-19(15,16)17/h8-9H,3-7H2,1-2H3. The Labute approximate surface area is 124 Å². The summed E-state index contributed by atoms with van der Waals surface area (Å²) in [5.41, 5.74) is 2.02. The van der Waals surface area contributed by atoms with Crippen molar-refractivity contribution in [3.8, 4) is 5.75 Å². The van der Waals surface area contributed by atoms with E-state index in [1.54, 1.807) is 0 Å². The molecule has 3 nitrogen and oxygen atoms in total. The van der Waals surface area contributed by atoms with E-state index in [0.717, 1.165) is 29.7 Å². The van der Waals surface area contributed by atoms with E-state index in [9.17, 15) is 8.42 Å². The maximum atomic E-state index is 10.7. The van der Waals surface area contributed by atoms with Crippen LogP contribution in [0.3, 0.4) is 0 Å². The molecule has 0 aliphatic heterocycles. The van der Waals surface area contributed by atoms with Crippen molar-refractivity contribution in [2.45, 2.75) is 33.1 Å². The van der Waals surface area contributed by atoms with Gasteiger partial charge in [-0.15, -0.1) is 0 Å². The van der Waals surface area contributed by atoms with Gasteiger partial charge in [0.2, 0.25) is 9.05 Å². The number of unbranched alkanes of at least 4 members (excludes halogenated alkanes) is 2. The van der Waals surface area contributed by atoms with E-state index in [0.29, 0.717) is 18.1 Å². The number of hydrogen-bond donors (Lipinski definition) is 0. The quantitative estimate of drug-likeness (QED) is 0.560. The summed E-state index contributed by atoms with van der Waals surface area (Å²) in [6.45, 7) is 4.47. The first kappa shape index (κ1) is 16.6. The first-order chi connectivity index (χ1) is 8.79. The molecule has 0 saturated carbocycles. The van der Waals surface area contributed by atoms with E-state index in [1.165, 1.54) is 0 Å². The van der Waals surface area contributed by atoms with Crippen LogP contribution in [0.1, 0.15) is 30.4 Å². The molecule has 0 aromatic heterocycles. The Hall–Kier alpha value is -0.450. The molecule has 0 fully saturated rings. The summed E-state index contributed by atoms with van der Waals surface area (Å²) >= 11 is 5.94. The molecule has 0 aliphatic rings. The first-order valence-corrected chi connectivity index (χ1v) is 8.97. The molecule has 0 radical (unpaired) electrons. The van der Waals surface area contributed by atoms with Gasteiger partial charge in [0.1, 0.15) is 5.75 Å². The Morgan fingerprint density at radius 1 is 1.11 bits per heavy atom. The third-order valence-corrected chi connectivity index (χ3v) is 4.16. The molecule has 0 aliphatic carbocycles. The Morgan fingerprint density at radius 2 is 1.68 bits per heavy atom. The van der Waals surface area contributed by atoms with Crippen LogP contribution in [-0.2, 0) is 9.05 Å². The normalized spacial score (nSPS) is 11.6. The summed E-state index contributed by atoms with van der Waals surface area (Å²) in [6.07, 6.45) is 2.14. The van der Waals surface area contributed by atoms with E-state index in [-0.39, 0.29) is 5.75 Å². The topological polar surface area (TPSA) is 43.4 Å². The lowest BCUT2D eigenvalue weighted by molar-refractivity contribution is 0.302. The highest BCUT2D eigenvalue weighted by Gasteiger charge is 2.06. The van der Waals surface area contributed by atoms with Crippen molar-refractivity contribution in [1.29, 1.82) is 0 Å². The molecule has 19 heavy (non-hydrogen) atoms. The van der Waals surface area contributed by atoms with Gasteiger partial charge in [0.25, 0.3) is 0 Å². The summed E-state index contributed by atoms with van der Waals surface area (Å²) in [5, 5.41) is 0.703. The lowest BCUT2D eigenvalue weighted by Crippen LogP contribution is -2.02. The van der Waals surface area contributed by atoms with Crippen molar-refractivity contribution in [1.82, 2.24) is 0 Å². The number of aryl methyl sites for hydroxylation is 2. The van der Waals surface area contributed by atoms with Crippen molar-refractivity contribution in [3.05, 3.63) is 28.3 Å². The van der Waals surface area contributed by atoms with Gasteiger partial charge in [0, 0.05) is 15.7 Å². The highest BCUT2D eigenvalue weighted by atomic mass is 35.7. The van der Waals surface area contributed by atoms with E-state index in [2.05, 4.69) is 0 Å². The van der Waals surface area contributed by atoms with E-state index >= 15 is 0 Å². The molecule has 0 N–H and O–H groups in total. The van der Waals surface area contributed by atoms with Gasteiger partial charge in [0.15, 0.2) is 0 Å². The van der Waals surface area contributed by atoms with Crippen molar-refractivity contribution in [2.75, 3.05) is 12.4 Å². The molecule has 108 valence electrons. The average molecular weight is 325 g/mol. The Morgan fingerprint density at radius 3 is 2.21 bits per heavy atom. The van der Waals surface area contributed by atoms with Crippen molar-refractivity contribution in [2.24, 2.45) is 0 Å². The fourth-order valence-electron chi connectivity index (χ4n) is 1.85. The second-order valence-electron chi connectivity index (χ2n) is 4.52. The fraction of sp³-hybridized carbons (Fsp3) is 0.538. The predicted molar refractivity (Wildman–Crippen MR) is 79.9 cm³/mol. The average Bonchev–Trinajstić information content (AvgIpc) is 2.24. The van der Waals surface area contributed by atoms with Crippen LogP contribution in [0.2, 0.25) is 5.02 Å². The molecule has 0 unspecified atom stereocenters. The lowest BCUT2D eigenvalue weighted by Gasteiger charge is -2.12. The predicted octanol–water partition coefficient (Wildman–Crippen LogP) is 4.07. The molecule has 0 saturated heterocycles. The molecule has 0 heterocycles. The highest BCUT2D eigenvalue weighted by Crippen LogP contribution is 2.27. The Kier molecular flexibility index (Phi) is 6.43. The largest absolute Gasteiger partial charge is 0.493 e. The van der Waals surface area contributed by atoms with Crippen LogP contribution in [0, 0.1) is 13.8 Å². The molecule has 0 spiro atoms. The molecule has 0 atom stereocenters. The van der Waals surface area contributed by atoms with Gasteiger partial charge in [-0.3, -0.25) is 0 Å². The van der Waals surface area contributed by atoms with Crippen LogP contribution in [-0.4, -0.2) is 20.8 Å². The SMILES string of the molecule is Cc1cc(Cl)cc(C)c1OCCCCCS(=O)(=O)Cl. The van der Waals surface area contributed by atoms with E-state index < -0.39 is 9.05 Å². The number of hydrogen-bond acceptors (Lipinski definition) is 3. The third-order valence-electron chi connectivity index (χ3n) is 2.70. The Balaban J connectivity index is 2.34. The number of benzene rings is 1. The minimum absolute atomic E-state index is 0.0214. The summed E-state index contributed by atoms with van der Waals surface area (Å²) in [5.74, 6) is 0.877. The van der Waals surface area contributed by atoms with Crippen LogP contribution in [0.15, 0.2) is 12.1 Å². The maximum absolute atomic E-state index is 10.7. The van der Waals surface area contributed by atoms with Gasteiger partial charge in [-0.25, -0.2) is 8.42 Å². The van der Waals surface area contributed by atoms with Gasteiger partial charge < -0.3 is 4.74 Å². The van der Waals surface area contributed by atoms with Crippen LogP contribution in [0.25, 0.3) is 0 Å². The van der Waals surface area contributed by atoms with Crippen LogP contribution >= 0.6 is 22.3 Å². The zero-order valence-corrected chi connectivity index (χ0v) is 13.4. The van der Waals surface area contributed by atoms with Gasteiger partial charge in [0.05, 0.1) is 12.4 Å². The zero-order chi connectivity index (χ0) is 14.5. The van der Waals surface area contributed by atoms with Crippen LogP contribution in [0.4, 0.5) is 0 Å². The van der Waals surface area contributed by atoms with Crippen molar-refractivity contribution < 1.29 is 13.2 Å². The highest BCUT2D eigenvalue weighted by molar-refractivity contribution is 8.13. The number of halogens is 2. The maximum Gasteiger partial charge on any atom is 0.232 e. The van der Waals surface area contributed by atoms with Gasteiger partial charge >= 0.3 is 0 Å². The minimum atomic E-state index is -3.36. The smallest absolute Gasteiger partial charge is 0.232 e. The number of ether oxygens (including phenoxy) is 1. The summed E-state index contributed by atoms with van der Waals surface area (Å²) in [4.78, 5) is 0. The molecule has 1 aromatic carbocycles. The zero-order valence-electron chi connectivity index (χ0n) is 11.1. The van der Waals surface area contributed by atoms with Gasteiger partial charge in [-0.2, -0.15) is 0 Å². The van der Waals surface area contributed by atoms with Crippen LogP contribution < -0.4 is 4.74 Å². The summed E-state index contributed by atoms with van der Waals surface area (Å²) < 4.78 is 27.2. The summed E-state index contributed by atoms with van der Waals surface area (Å²) in [6, 6.07) is 3.73. The van der Waals surface area contributed by atoms with Gasteiger partial charge in [-0.05, 0) is 56.4 Å². The lowest BCUT2D eigenvalue weighted by atomic mass is 10.1. The molecule has 0 amide bonds. The van der Waals surface area contributed by atoms with Crippen molar-refractivity contribution >= 4 is 31.3 Å². The van der Waals surface area contributed by atoms with Crippen molar-refractivity contribution in [3.63, 3.8) is 0 Å². The molecule has 1 rings (SSSR count). The second-order valence-corrected chi connectivity index (χ2v) is 7.85. The fourth-order valence-corrected chi connectivity index (χ4v) is 3.06. The van der Waals surface area contributed by atoms with E-state index in [1.807, 2.05) is 26.0 Å². The number of rotatable bonds is 7.